The highest BCUT2D eigenvalue weighted by Crippen LogP contribution is 2.34. The number of carboxylic acid groups (broad SMARTS) is 1. The Labute approximate surface area is 133 Å². The first-order valence-electron chi connectivity index (χ1n) is 7.40. The van der Waals surface area contributed by atoms with Gasteiger partial charge in [0, 0.05) is 12.2 Å². The molecule has 0 radical (unpaired) electrons. The molecular weight excluding hydrogens is 329 g/mol. The maximum absolute atomic E-state index is 13.3. The van der Waals surface area contributed by atoms with Gasteiger partial charge in [0.15, 0.2) is 5.65 Å². The van der Waals surface area contributed by atoms with Gasteiger partial charge in [0.1, 0.15) is 12.1 Å². The van der Waals surface area contributed by atoms with Crippen LogP contribution in [0.15, 0.2) is 17.1 Å². The van der Waals surface area contributed by atoms with E-state index in [0.717, 1.165) is 12.3 Å². The maximum atomic E-state index is 13.3. The van der Waals surface area contributed by atoms with Crippen LogP contribution >= 0.6 is 0 Å². The second-order valence-electron chi connectivity index (χ2n) is 5.64. The highest BCUT2D eigenvalue weighted by molar-refractivity contribution is 5.79. The molecule has 0 atom stereocenters. The summed E-state index contributed by atoms with van der Waals surface area (Å²) in [4.78, 5) is 27.6. The van der Waals surface area contributed by atoms with Gasteiger partial charge in [-0.25, -0.2) is 9.78 Å². The van der Waals surface area contributed by atoms with Gasteiger partial charge >= 0.3 is 17.8 Å². The minimum absolute atomic E-state index is 0.122. The van der Waals surface area contributed by atoms with Crippen molar-refractivity contribution in [2.75, 3.05) is 13.1 Å². The number of nitrogens with zero attached hydrogens (tertiary/aromatic N) is 3. The average Bonchev–Trinajstić information content (AvgIpc) is 2.79. The van der Waals surface area contributed by atoms with E-state index < -0.39 is 35.5 Å². The number of piperidine rings is 1. The van der Waals surface area contributed by atoms with Gasteiger partial charge in [0.25, 0.3) is 0 Å². The summed E-state index contributed by atoms with van der Waals surface area (Å²) in [5, 5.41) is 12.1. The van der Waals surface area contributed by atoms with Crippen molar-refractivity contribution >= 4 is 17.1 Å². The van der Waals surface area contributed by atoms with E-state index in [1.54, 1.807) is 0 Å². The van der Waals surface area contributed by atoms with Gasteiger partial charge in [-0.1, -0.05) is 0 Å². The number of nitrogens with one attached hydrogen (secondary N) is 1. The summed E-state index contributed by atoms with van der Waals surface area (Å²) in [5.74, 6) is -1.39. The predicted octanol–water partition coefficient (Wildman–Crippen LogP) is 1.23. The SMILES string of the molecule is O=C(O)Cn1c(=O)n(C2CCNCC2)c2nccc(C(F)(F)F)c21. The van der Waals surface area contributed by atoms with Gasteiger partial charge in [-0.3, -0.25) is 13.9 Å². The standard InChI is InChI=1S/C14H15F3N4O3/c15-14(16,17)9-3-6-19-12-11(9)20(7-10(22)23)13(24)21(12)8-1-4-18-5-2-8/h3,6,8,18H,1-2,4-5,7H2,(H,22,23). The predicted molar refractivity (Wildman–Crippen MR) is 77.8 cm³/mol. The molecule has 1 fully saturated rings. The fraction of sp³-hybridized carbons (Fsp3) is 0.500. The Morgan fingerprint density at radius 2 is 2.04 bits per heavy atom. The second-order valence-corrected chi connectivity index (χ2v) is 5.64. The zero-order valence-electron chi connectivity index (χ0n) is 12.5. The number of imidazole rings is 1. The van der Waals surface area contributed by atoms with Crippen LogP contribution in [-0.4, -0.2) is 38.3 Å². The molecular formula is C14H15F3N4O3. The minimum atomic E-state index is -4.71. The van der Waals surface area contributed by atoms with Gasteiger partial charge in [-0.05, 0) is 32.0 Å². The lowest BCUT2D eigenvalue weighted by molar-refractivity contribution is -0.139. The lowest BCUT2D eigenvalue weighted by Crippen LogP contribution is -2.35. The average molecular weight is 344 g/mol. The molecule has 1 aliphatic heterocycles. The summed E-state index contributed by atoms with van der Waals surface area (Å²) in [6, 6.07) is 0.444. The van der Waals surface area contributed by atoms with E-state index in [2.05, 4.69) is 10.3 Å². The molecule has 0 unspecified atom stereocenters. The van der Waals surface area contributed by atoms with Crippen LogP contribution in [0.3, 0.4) is 0 Å². The Bertz CT molecular complexity index is 834. The molecule has 10 heteroatoms. The van der Waals surface area contributed by atoms with Crippen molar-refractivity contribution in [3.05, 3.63) is 28.3 Å². The normalized spacial score (nSPS) is 16.6. The van der Waals surface area contributed by atoms with E-state index in [1.165, 1.54) is 4.57 Å². The number of fused-ring (bicyclic) bond motifs is 1. The molecule has 1 aliphatic rings. The van der Waals surface area contributed by atoms with Crippen molar-refractivity contribution in [3.63, 3.8) is 0 Å². The van der Waals surface area contributed by atoms with E-state index in [1.807, 2.05) is 0 Å². The number of hydrogen-bond donors (Lipinski definition) is 2. The fourth-order valence-electron chi connectivity index (χ4n) is 3.11. The molecule has 3 heterocycles. The molecule has 0 bridgehead atoms. The highest BCUT2D eigenvalue weighted by atomic mass is 19.4. The van der Waals surface area contributed by atoms with Crippen LogP contribution in [0.4, 0.5) is 13.2 Å². The lowest BCUT2D eigenvalue weighted by atomic mass is 10.1. The number of alkyl halides is 3. The van der Waals surface area contributed by atoms with Crippen molar-refractivity contribution in [3.8, 4) is 0 Å². The number of hydrogen-bond acceptors (Lipinski definition) is 4. The summed E-state index contributed by atoms with van der Waals surface area (Å²) < 4.78 is 41.8. The van der Waals surface area contributed by atoms with Crippen LogP contribution in [0.5, 0.6) is 0 Å². The molecule has 3 rings (SSSR count). The number of pyridine rings is 1. The van der Waals surface area contributed by atoms with Crippen molar-refractivity contribution in [1.29, 1.82) is 0 Å². The summed E-state index contributed by atoms with van der Waals surface area (Å²) in [5.41, 5.74) is -2.43. The topological polar surface area (TPSA) is 89.1 Å². The molecule has 0 aromatic carbocycles. The number of carboxylic acids is 1. The number of aliphatic carboxylic acids is 1. The van der Waals surface area contributed by atoms with Crippen LogP contribution in [0.25, 0.3) is 11.2 Å². The van der Waals surface area contributed by atoms with E-state index in [-0.39, 0.29) is 11.7 Å². The number of aromatic nitrogens is 3. The molecule has 0 spiro atoms. The summed E-state index contributed by atoms with van der Waals surface area (Å²) >= 11 is 0. The van der Waals surface area contributed by atoms with Gasteiger partial charge in [0.05, 0.1) is 5.56 Å². The number of rotatable bonds is 3. The summed E-state index contributed by atoms with van der Waals surface area (Å²) in [7, 11) is 0. The first-order chi connectivity index (χ1) is 11.3. The van der Waals surface area contributed by atoms with Gasteiger partial charge < -0.3 is 10.4 Å². The lowest BCUT2D eigenvalue weighted by Gasteiger charge is -2.23. The summed E-state index contributed by atoms with van der Waals surface area (Å²) in [6.45, 7) is 0.408. The van der Waals surface area contributed by atoms with Crippen LogP contribution in [0.2, 0.25) is 0 Å². The molecule has 2 aromatic heterocycles. The molecule has 2 N–H and O–H groups in total. The third-order valence-electron chi connectivity index (χ3n) is 4.11. The Kier molecular flexibility index (Phi) is 4.08. The Balaban J connectivity index is 2.31. The maximum Gasteiger partial charge on any atom is 0.418 e. The molecule has 0 aliphatic carbocycles. The molecule has 2 aromatic rings. The van der Waals surface area contributed by atoms with Crippen LogP contribution < -0.4 is 11.0 Å². The summed E-state index contributed by atoms with van der Waals surface area (Å²) in [6.07, 6.45) is -2.60. The molecule has 0 saturated carbocycles. The van der Waals surface area contributed by atoms with Crippen LogP contribution in [0.1, 0.15) is 24.4 Å². The third-order valence-corrected chi connectivity index (χ3v) is 4.11. The third kappa shape index (κ3) is 2.77. The van der Waals surface area contributed by atoms with Crippen molar-refractivity contribution < 1.29 is 23.1 Å². The molecule has 0 amide bonds. The Morgan fingerprint density at radius 3 is 2.62 bits per heavy atom. The fourth-order valence-corrected chi connectivity index (χ4v) is 3.11. The smallest absolute Gasteiger partial charge is 0.418 e. The first kappa shape index (κ1) is 16.5. The molecule has 24 heavy (non-hydrogen) atoms. The van der Waals surface area contributed by atoms with Gasteiger partial charge in [-0.15, -0.1) is 0 Å². The van der Waals surface area contributed by atoms with Crippen LogP contribution in [-0.2, 0) is 17.5 Å². The van der Waals surface area contributed by atoms with Crippen LogP contribution in [0, 0.1) is 0 Å². The number of halogens is 3. The quantitative estimate of drug-likeness (QED) is 0.874. The van der Waals surface area contributed by atoms with E-state index in [0.29, 0.717) is 30.5 Å². The second kappa shape index (κ2) is 5.93. The van der Waals surface area contributed by atoms with E-state index in [4.69, 9.17) is 5.11 Å². The van der Waals surface area contributed by atoms with Gasteiger partial charge in [-0.2, -0.15) is 13.2 Å². The number of carbonyl (C=O) groups is 1. The molecule has 130 valence electrons. The highest BCUT2D eigenvalue weighted by Gasteiger charge is 2.36. The minimum Gasteiger partial charge on any atom is -0.480 e. The monoisotopic (exact) mass is 344 g/mol. The zero-order valence-corrected chi connectivity index (χ0v) is 12.5. The van der Waals surface area contributed by atoms with E-state index >= 15 is 0 Å². The zero-order chi connectivity index (χ0) is 17.5. The molecule has 7 nitrogen and oxygen atoms in total. The van der Waals surface area contributed by atoms with Crippen molar-refractivity contribution in [2.24, 2.45) is 0 Å². The Morgan fingerprint density at radius 1 is 1.38 bits per heavy atom. The molecule has 1 saturated heterocycles. The van der Waals surface area contributed by atoms with Crippen molar-refractivity contribution in [2.45, 2.75) is 31.6 Å². The van der Waals surface area contributed by atoms with Crippen molar-refractivity contribution in [1.82, 2.24) is 19.4 Å². The van der Waals surface area contributed by atoms with Gasteiger partial charge in [0.2, 0.25) is 0 Å². The largest absolute Gasteiger partial charge is 0.480 e. The van der Waals surface area contributed by atoms with E-state index in [9.17, 15) is 22.8 Å². The first-order valence-corrected chi connectivity index (χ1v) is 7.40. The Hall–Kier alpha value is -2.36.